The molecular weight excluding hydrogens is 354 g/mol. The fraction of sp³-hybridized carbons (Fsp3) is 0.364. The molecule has 2 aromatic carbocycles. The number of nitrogens with one attached hydrogen (secondary N) is 1. The third-order valence-electron chi connectivity index (χ3n) is 5.07. The predicted molar refractivity (Wildman–Crippen MR) is 111 cm³/mol. The first-order chi connectivity index (χ1) is 13.4. The number of rotatable bonds is 7. The number of amides is 1. The summed E-state index contributed by atoms with van der Waals surface area (Å²) in [5.74, 6) is 0.944. The number of imidazole rings is 1. The van der Waals surface area contributed by atoms with Gasteiger partial charge in [0.25, 0.3) is 0 Å². The van der Waals surface area contributed by atoms with Crippen LogP contribution in [0.4, 0.5) is 0 Å². The molecule has 0 saturated heterocycles. The van der Waals surface area contributed by atoms with Gasteiger partial charge in [0.1, 0.15) is 5.75 Å². The molecule has 0 spiro atoms. The number of hydrogen-bond acceptors (Lipinski definition) is 3. The first-order valence-electron chi connectivity index (χ1n) is 9.50. The standard InChI is InChI=1S/C22H27N3O3/c1-15(2)21(16-9-11-17(28-4)12-10-16)23-20(26)13-14-25-19-8-6-5-7-18(19)24(3)22(25)27/h5-12,15,21H,13-14H2,1-4H3,(H,23,26). The number of nitrogens with zero attached hydrogens (tertiary/aromatic N) is 2. The number of ether oxygens (including phenoxy) is 1. The van der Waals surface area contributed by atoms with Crippen molar-refractivity contribution in [3.05, 3.63) is 64.6 Å². The minimum Gasteiger partial charge on any atom is -0.497 e. The molecule has 148 valence electrons. The second kappa shape index (κ2) is 8.33. The Morgan fingerprint density at radius 3 is 2.32 bits per heavy atom. The van der Waals surface area contributed by atoms with Crippen LogP contribution in [0.2, 0.25) is 0 Å². The summed E-state index contributed by atoms with van der Waals surface area (Å²) in [5.41, 5.74) is 2.64. The Hall–Kier alpha value is -3.02. The average molecular weight is 381 g/mol. The van der Waals surface area contributed by atoms with Gasteiger partial charge in [-0.2, -0.15) is 0 Å². The molecule has 1 heterocycles. The van der Waals surface area contributed by atoms with Crippen LogP contribution in [-0.4, -0.2) is 22.2 Å². The number of para-hydroxylation sites is 2. The Balaban J connectivity index is 1.72. The van der Waals surface area contributed by atoms with Crippen LogP contribution in [0.15, 0.2) is 53.3 Å². The first-order valence-corrected chi connectivity index (χ1v) is 9.50. The Bertz CT molecular complexity index is 1020. The van der Waals surface area contributed by atoms with E-state index in [1.54, 1.807) is 23.3 Å². The van der Waals surface area contributed by atoms with Gasteiger partial charge in [-0.25, -0.2) is 4.79 Å². The van der Waals surface area contributed by atoms with Gasteiger partial charge in [0.2, 0.25) is 5.91 Å². The van der Waals surface area contributed by atoms with Crippen LogP contribution in [0.3, 0.4) is 0 Å². The minimum absolute atomic E-state index is 0.0747. The smallest absolute Gasteiger partial charge is 0.328 e. The van der Waals surface area contributed by atoms with Gasteiger partial charge in [-0.15, -0.1) is 0 Å². The lowest BCUT2D eigenvalue weighted by Gasteiger charge is -2.23. The molecule has 1 atom stereocenters. The molecule has 3 rings (SSSR count). The number of hydrogen-bond donors (Lipinski definition) is 1. The monoisotopic (exact) mass is 381 g/mol. The topological polar surface area (TPSA) is 65.3 Å². The third kappa shape index (κ3) is 3.96. The summed E-state index contributed by atoms with van der Waals surface area (Å²) in [6.45, 7) is 4.49. The summed E-state index contributed by atoms with van der Waals surface area (Å²) in [4.78, 5) is 25.1. The predicted octanol–water partition coefficient (Wildman–Crippen LogP) is 3.25. The summed E-state index contributed by atoms with van der Waals surface area (Å²) < 4.78 is 8.48. The zero-order valence-electron chi connectivity index (χ0n) is 16.8. The van der Waals surface area contributed by atoms with Crippen LogP contribution in [0.25, 0.3) is 11.0 Å². The zero-order valence-corrected chi connectivity index (χ0v) is 16.8. The van der Waals surface area contributed by atoms with Gasteiger partial charge in [0.05, 0.1) is 24.2 Å². The minimum atomic E-state index is -0.107. The zero-order chi connectivity index (χ0) is 20.3. The number of methoxy groups -OCH3 is 1. The SMILES string of the molecule is COc1ccc(C(NC(=O)CCn2c(=O)n(C)c3ccccc32)C(C)C)cc1. The molecule has 6 nitrogen and oxygen atoms in total. The van der Waals surface area contributed by atoms with E-state index in [2.05, 4.69) is 19.2 Å². The number of carbonyl (C=O) groups excluding carboxylic acids is 1. The number of fused-ring (bicyclic) bond motifs is 1. The van der Waals surface area contributed by atoms with Crippen LogP contribution in [-0.2, 0) is 18.4 Å². The highest BCUT2D eigenvalue weighted by atomic mass is 16.5. The van der Waals surface area contributed by atoms with E-state index in [-0.39, 0.29) is 30.0 Å². The largest absolute Gasteiger partial charge is 0.497 e. The second-order valence-electron chi connectivity index (χ2n) is 7.29. The van der Waals surface area contributed by atoms with E-state index >= 15 is 0 Å². The lowest BCUT2D eigenvalue weighted by molar-refractivity contribution is -0.122. The van der Waals surface area contributed by atoms with Crippen LogP contribution < -0.4 is 15.7 Å². The van der Waals surface area contributed by atoms with Crippen molar-refractivity contribution in [2.75, 3.05) is 7.11 Å². The van der Waals surface area contributed by atoms with E-state index in [0.29, 0.717) is 6.54 Å². The van der Waals surface area contributed by atoms with E-state index in [1.807, 2.05) is 48.5 Å². The fourth-order valence-electron chi connectivity index (χ4n) is 3.48. The van der Waals surface area contributed by atoms with Gasteiger partial charge < -0.3 is 10.1 Å². The number of carbonyl (C=O) groups is 1. The van der Waals surface area contributed by atoms with E-state index in [9.17, 15) is 9.59 Å². The summed E-state index contributed by atoms with van der Waals surface area (Å²) in [7, 11) is 3.38. The molecule has 0 bridgehead atoms. The molecule has 1 aromatic heterocycles. The lowest BCUT2D eigenvalue weighted by Crippen LogP contribution is -2.33. The highest BCUT2D eigenvalue weighted by Crippen LogP contribution is 2.24. The van der Waals surface area contributed by atoms with Crippen molar-refractivity contribution in [3.8, 4) is 5.75 Å². The molecule has 1 amide bonds. The molecule has 0 aliphatic rings. The highest BCUT2D eigenvalue weighted by Gasteiger charge is 2.19. The van der Waals surface area contributed by atoms with Crippen molar-refractivity contribution in [2.45, 2.75) is 32.9 Å². The third-order valence-corrected chi connectivity index (χ3v) is 5.07. The number of aryl methyl sites for hydroxylation is 2. The molecule has 0 aliphatic carbocycles. The van der Waals surface area contributed by atoms with Gasteiger partial charge in [-0.3, -0.25) is 13.9 Å². The molecule has 3 aromatic rings. The van der Waals surface area contributed by atoms with E-state index in [1.165, 1.54) is 0 Å². The molecule has 0 saturated carbocycles. The van der Waals surface area contributed by atoms with Gasteiger partial charge in [0.15, 0.2) is 0 Å². The normalized spacial score (nSPS) is 12.3. The quantitative estimate of drug-likeness (QED) is 0.683. The van der Waals surface area contributed by atoms with E-state index in [0.717, 1.165) is 22.3 Å². The van der Waals surface area contributed by atoms with Gasteiger partial charge in [0, 0.05) is 20.0 Å². The molecule has 0 fully saturated rings. The van der Waals surface area contributed by atoms with Crippen molar-refractivity contribution in [3.63, 3.8) is 0 Å². The van der Waals surface area contributed by atoms with Crippen LogP contribution >= 0.6 is 0 Å². The lowest BCUT2D eigenvalue weighted by atomic mass is 9.96. The van der Waals surface area contributed by atoms with Gasteiger partial charge in [-0.05, 0) is 35.7 Å². The Labute approximate surface area is 164 Å². The maximum absolute atomic E-state index is 12.6. The average Bonchev–Trinajstić information content (AvgIpc) is 2.95. The van der Waals surface area contributed by atoms with Crippen molar-refractivity contribution in [2.24, 2.45) is 13.0 Å². The molecular formula is C22H27N3O3. The highest BCUT2D eigenvalue weighted by molar-refractivity contribution is 5.78. The van der Waals surface area contributed by atoms with E-state index in [4.69, 9.17) is 4.74 Å². The molecule has 0 radical (unpaired) electrons. The van der Waals surface area contributed by atoms with Gasteiger partial charge in [-0.1, -0.05) is 38.1 Å². The number of benzene rings is 2. The van der Waals surface area contributed by atoms with Crippen molar-refractivity contribution < 1.29 is 9.53 Å². The van der Waals surface area contributed by atoms with E-state index < -0.39 is 0 Å². The summed E-state index contributed by atoms with van der Waals surface area (Å²) >= 11 is 0. The molecule has 6 heteroatoms. The maximum Gasteiger partial charge on any atom is 0.328 e. The number of aromatic nitrogens is 2. The van der Waals surface area contributed by atoms with Crippen LogP contribution in [0, 0.1) is 5.92 Å². The first kappa shape index (κ1) is 19.7. The summed E-state index contributed by atoms with van der Waals surface area (Å²) in [5, 5.41) is 3.11. The Morgan fingerprint density at radius 1 is 1.07 bits per heavy atom. The molecule has 1 unspecified atom stereocenters. The molecule has 1 N–H and O–H groups in total. The van der Waals surface area contributed by atoms with Crippen LogP contribution in [0.5, 0.6) is 5.75 Å². The summed E-state index contributed by atoms with van der Waals surface area (Å²) in [6.07, 6.45) is 0.243. The summed E-state index contributed by atoms with van der Waals surface area (Å²) in [6, 6.07) is 15.3. The van der Waals surface area contributed by atoms with Crippen molar-refractivity contribution >= 4 is 16.9 Å². The van der Waals surface area contributed by atoms with Crippen molar-refractivity contribution in [1.29, 1.82) is 0 Å². The Morgan fingerprint density at radius 2 is 1.71 bits per heavy atom. The van der Waals surface area contributed by atoms with Crippen LogP contribution in [0.1, 0.15) is 31.9 Å². The maximum atomic E-state index is 12.6. The Kier molecular flexibility index (Phi) is 5.87. The molecule has 0 aliphatic heterocycles. The van der Waals surface area contributed by atoms with Crippen molar-refractivity contribution in [1.82, 2.24) is 14.5 Å². The fourth-order valence-corrected chi connectivity index (χ4v) is 3.48. The molecule has 28 heavy (non-hydrogen) atoms. The van der Waals surface area contributed by atoms with Gasteiger partial charge >= 0.3 is 5.69 Å². The second-order valence-corrected chi connectivity index (χ2v) is 7.29.